The number of ether oxygens (including phenoxy) is 3. The second-order valence-electron chi connectivity index (χ2n) is 6.41. The molecule has 2 saturated heterocycles. The highest BCUT2D eigenvalue weighted by atomic mass is 32.2. The zero-order chi connectivity index (χ0) is 19.1. The summed E-state index contributed by atoms with van der Waals surface area (Å²) >= 11 is 0. The fraction of sp³-hybridized carbons (Fsp3) is 0.333. The standard InChI is InChI=1S/C15H14O2S.C6H10O3/c1-2-12-18(16,17)15-10-8-14(9-11-15)13-6-4-3-5-7-13;1(5-3-8-5)7-2-6-4-9-6/h2-11H,1,12H2;5-6H,1-4H2. The van der Waals surface area contributed by atoms with Crippen molar-refractivity contribution in [1.82, 2.24) is 0 Å². The third kappa shape index (κ3) is 6.59. The average molecular weight is 388 g/mol. The summed E-state index contributed by atoms with van der Waals surface area (Å²) in [6.07, 6.45) is 2.19. The van der Waals surface area contributed by atoms with Crippen molar-refractivity contribution in [3.05, 3.63) is 67.3 Å². The first-order chi connectivity index (χ1) is 13.1. The van der Waals surface area contributed by atoms with Crippen molar-refractivity contribution in [3.8, 4) is 11.1 Å². The van der Waals surface area contributed by atoms with Crippen molar-refractivity contribution < 1.29 is 22.6 Å². The van der Waals surface area contributed by atoms with E-state index in [0.717, 1.165) is 37.6 Å². The maximum Gasteiger partial charge on any atom is 0.181 e. The Balaban J connectivity index is 0.000000193. The lowest BCUT2D eigenvalue weighted by Crippen LogP contribution is -2.06. The van der Waals surface area contributed by atoms with Gasteiger partial charge in [-0.05, 0) is 23.3 Å². The number of sulfone groups is 1. The van der Waals surface area contributed by atoms with Gasteiger partial charge in [0, 0.05) is 0 Å². The molecule has 2 atom stereocenters. The Bertz CT molecular complexity index is 811. The van der Waals surface area contributed by atoms with E-state index in [1.54, 1.807) is 12.1 Å². The third-order valence-electron chi connectivity index (χ3n) is 4.07. The lowest BCUT2D eigenvalue weighted by molar-refractivity contribution is 0.102. The Kier molecular flexibility index (Phi) is 6.79. The minimum atomic E-state index is -3.23. The number of hydrogen-bond acceptors (Lipinski definition) is 5. The molecule has 0 spiro atoms. The fourth-order valence-electron chi connectivity index (χ4n) is 2.40. The lowest BCUT2D eigenvalue weighted by Gasteiger charge is -2.04. The molecule has 0 radical (unpaired) electrons. The molecule has 0 aliphatic carbocycles. The number of benzene rings is 2. The van der Waals surface area contributed by atoms with Crippen LogP contribution in [0.5, 0.6) is 0 Å². The van der Waals surface area contributed by atoms with Gasteiger partial charge in [0.1, 0.15) is 12.2 Å². The van der Waals surface area contributed by atoms with Crippen LogP contribution in [-0.2, 0) is 24.0 Å². The fourth-order valence-corrected chi connectivity index (χ4v) is 3.45. The van der Waals surface area contributed by atoms with E-state index in [4.69, 9.17) is 14.2 Å². The van der Waals surface area contributed by atoms with Crippen LogP contribution < -0.4 is 0 Å². The van der Waals surface area contributed by atoms with E-state index >= 15 is 0 Å². The van der Waals surface area contributed by atoms with E-state index in [1.165, 1.54) is 6.08 Å². The minimum Gasteiger partial charge on any atom is -0.376 e. The van der Waals surface area contributed by atoms with Crippen molar-refractivity contribution in [2.45, 2.75) is 17.1 Å². The van der Waals surface area contributed by atoms with Crippen molar-refractivity contribution in [3.63, 3.8) is 0 Å². The summed E-state index contributed by atoms with van der Waals surface area (Å²) in [6.45, 7) is 6.72. The SMILES string of the molecule is C(OCC1CO1)C1CO1.C=CCS(=O)(=O)c1ccc(-c2ccccc2)cc1. The molecular weight excluding hydrogens is 364 g/mol. The van der Waals surface area contributed by atoms with Gasteiger partial charge in [0.25, 0.3) is 0 Å². The first kappa shape index (κ1) is 19.8. The Morgan fingerprint density at radius 3 is 1.93 bits per heavy atom. The Labute approximate surface area is 160 Å². The van der Waals surface area contributed by atoms with Gasteiger partial charge in [0.05, 0.1) is 37.1 Å². The summed E-state index contributed by atoms with van der Waals surface area (Å²) < 4.78 is 38.7. The smallest absolute Gasteiger partial charge is 0.181 e. The van der Waals surface area contributed by atoms with Crippen LogP contribution in [0, 0.1) is 0 Å². The molecule has 2 aromatic carbocycles. The average Bonchev–Trinajstić information content (AvgIpc) is 3.59. The number of rotatable bonds is 8. The first-order valence-corrected chi connectivity index (χ1v) is 10.5. The maximum atomic E-state index is 11.8. The van der Waals surface area contributed by atoms with Crippen molar-refractivity contribution in [2.24, 2.45) is 0 Å². The normalized spacial score (nSPS) is 20.3. The van der Waals surface area contributed by atoms with Crippen LogP contribution in [0.1, 0.15) is 0 Å². The topological polar surface area (TPSA) is 68.4 Å². The van der Waals surface area contributed by atoms with Gasteiger partial charge in [-0.1, -0.05) is 48.5 Å². The van der Waals surface area contributed by atoms with Crippen molar-refractivity contribution >= 4 is 9.84 Å². The predicted octanol–water partition coefficient (Wildman–Crippen LogP) is 3.11. The number of epoxide rings is 2. The van der Waals surface area contributed by atoms with Gasteiger partial charge in [-0.2, -0.15) is 0 Å². The molecule has 0 bridgehead atoms. The van der Waals surface area contributed by atoms with Crippen LogP contribution in [0.25, 0.3) is 11.1 Å². The zero-order valence-corrected chi connectivity index (χ0v) is 15.9. The molecule has 2 aliphatic heterocycles. The highest BCUT2D eigenvalue weighted by molar-refractivity contribution is 7.91. The molecule has 4 rings (SSSR count). The third-order valence-corrected chi connectivity index (χ3v) is 5.73. The second kappa shape index (κ2) is 9.28. The van der Waals surface area contributed by atoms with Crippen LogP contribution in [0.2, 0.25) is 0 Å². The summed E-state index contributed by atoms with van der Waals surface area (Å²) in [5, 5.41) is 0. The van der Waals surface area contributed by atoms with Crippen LogP contribution in [0.3, 0.4) is 0 Å². The molecule has 2 aliphatic rings. The highest BCUT2D eigenvalue weighted by Gasteiger charge is 2.26. The van der Waals surface area contributed by atoms with E-state index < -0.39 is 9.84 Å². The van der Waals surface area contributed by atoms with Crippen LogP contribution in [0.4, 0.5) is 0 Å². The molecule has 0 aromatic heterocycles. The van der Waals surface area contributed by atoms with Gasteiger partial charge in [-0.15, -0.1) is 6.58 Å². The van der Waals surface area contributed by atoms with Gasteiger partial charge in [0.15, 0.2) is 9.84 Å². The van der Waals surface area contributed by atoms with Crippen LogP contribution in [-0.4, -0.2) is 52.8 Å². The summed E-state index contributed by atoms with van der Waals surface area (Å²) in [6, 6.07) is 16.8. The summed E-state index contributed by atoms with van der Waals surface area (Å²) in [5.74, 6) is -0.0301. The molecule has 27 heavy (non-hydrogen) atoms. The molecule has 2 aromatic rings. The van der Waals surface area contributed by atoms with Gasteiger partial charge >= 0.3 is 0 Å². The summed E-state index contributed by atoms with van der Waals surface area (Å²) in [5.41, 5.74) is 2.08. The number of hydrogen-bond donors (Lipinski definition) is 0. The van der Waals surface area contributed by atoms with E-state index in [-0.39, 0.29) is 5.75 Å². The maximum absolute atomic E-state index is 11.8. The summed E-state index contributed by atoms with van der Waals surface area (Å²) in [4.78, 5) is 0.335. The van der Waals surface area contributed by atoms with E-state index in [0.29, 0.717) is 17.1 Å². The van der Waals surface area contributed by atoms with E-state index in [2.05, 4.69) is 6.58 Å². The molecule has 0 N–H and O–H groups in total. The Morgan fingerprint density at radius 2 is 1.44 bits per heavy atom. The second-order valence-corrected chi connectivity index (χ2v) is 8.44. The lowest BCUT2D eigenvalue weighted by atomic mass is 10.1. The zero-order valence-electron chi connectivity index (χ0n) is 15.1. The molecule has 6 heteroatoms. The van der Waals surface area contributed by atoms with Gasteiger partial charge < -0.3 is 14.2 Å². The van der Waals surface area contributed by atoms with E-state index in [9.17, 15) is 8.42 Å². The Morgan fingerprint density at radius 1 is 0.926 bits per heavy atom. The van der Waals surface area contributed by atoms with Crippen molar-refractivity contribution in [1.29, 1.82) is 0 Å². The quantitative estimate of drug-likeness (QED) is 0.513. The molecule has 2 unspecified atom stereocenters. The first-order valence-electron chi connectivity index (χ1n) is 8.88. The van der Waals surface area contributed by atoms with E-state index in [1.807, 2.05) is 42.5 Å². The molecule has 144 valence electrons. The monoisotopic (exact) mass is 388 g/mol. The predicted molar refractivity (Wildman–Crippen MR) is 104 cm³/mol. The molecule has 0 saturated carbocycles. The molecule has 5 nitrogen and oxygen atoms in total. The molecule has 0 amide bonds. The largest absolute Gasteiger partial charge is 0.376 e. The molecule has 2 fully saturated rings. The highest BCUT2D eigenvalue weighted by Crippen LogP contribution is 2.21. The Hall–Kier alpha value is -1.99. The molecular formula is C21H24O5S. The summed E-state index contributed by atoms with van der Waals surface area (Å²) in [7, 11) is -3.23. The van der Waals surface area contributed by atoms with Crippen LogP contribution in [0.15, 0.2) is 72.1 Å². The molecule has 2 heterocycles. The van der Waals surface area contributed by atoms with Crippen LogP contribution >= 0.6 is 0 Å². The van der Waals surface area contributed by atoms with Gasteiger partial charge in [0.2, 0.25) is 0 Å². The van der Waals surface area contributed by atoms with Gasteiger partial charge in [-0.25, -0.2) is 8.42 Å². The minimum absolute atomic E-state index is 0.0301. The van der Waals surface area contributed by atoms with Crippen molar-refractivity contribution in [2.75, 3.05) is 32.2 Å². The van der Waals surface area contributed by atoms with Gasteiger partial charge in [-0.3, -0.25) is 0 Å².